The molecule has 11 heteroatoms. The van der Waals surface area contributed by atoms with Crippen LogP contribution in [0.2, 0.25) is 0 Å². The Morgan fingerprint density at radius 2 is 2.12 bits per heavy atom. The van der Waals surface area contributed by atoms with Crippen LogP contribution >= 0.6 is 0 Å². The molecule has 3 N–H and O–H groups in total. The minimum absolute atomic E-state index is 0.146. The summed E-state index contributed by atoms with van der Waals surface area (Å²) in [5.41, 5.74) is -1.43. The average molecular weight is 460 g/mol. The summed E-state index contributed by atoms with van der Waals surface area (Å²) < 4.78 is 12.2. The number of ether oxygens (including phenoxy) is 2. The Balaban J connectivity index is 1.87. The van der Waals surface area contributed by atoms with Crippen molar-refractivity contribution in [2.24, 2.45) is 5.92 Å². The zero-order valence-electron chi connectivity index (χ0n) is 18.9. The molecule has 0 spiro atoms. The van der Waals surface area contributed by atoms with E-state index in [1.807, 2.05) is 13.0 Å². The van der Waals surface area contributed by atoms with Gasteiger partial charge in [-0.2, -0.15) is 10.4 Å². The topological polar surface area (TPSA) is 159 Å². The molecule has 0 aliphatic carbocycles. The highest BCUT2D eigenvalue weighted by Gasteiger charge is 2.57. The number of fused-ring (bicyclic) bond motifs is 1. The summed E-state index contributed by atoms with van der Waals surface area (Å²) in [5, 5.41) is 38.1. The van der Waals surface area contributed by atoms with Crippen molar-refractivity contribution in [3.63, 3.8) is 0 Å². The van der Waals surface area contributed by atoms with E-state index in [2.05, 4.69) is 15.4 Å². The predicted molar refractivity (Wildman–Crippen MR) is 116 cm³/mol. The number of nitrogens with zero attached hydrogens (tertiary/aromatic N) is 4. The first-order valence-corrected chi connectivity index (χ1v) is 11.0. The molecule has 1 saturated heterocycles. The first-order chi connectivity index (χ1) is 15.7. The number of hydrogen-bond donors (Lipinski definition) is 3. The number of rotatable bonds is 9. The highest BCUT2D eigenvalue weighted by atomic mass is 16.6. The smallest absolute Gasteiger partial charge is 0.308 e. The second kappa shape index (κ2) is 10.2. The Kier molecular flexibility index (Phi) is 7.63. The van der Waals surface area contributed by atoms with E-state index < -0.39 is 29.9 Å². The highest BCUT2D eigenvalue weighted by molar-refractivity contribution is 5.93. The first kappa shape index (κ1) is 24.6. The van der Waals surface area contributed by atoms with E-state index >= 15 is 0 Å². The molecule has 4 atom stereocenters. The van der Waals surface area contributed by atoms with Crippen molar-refractivity contribution in [1.29, 1.82) is 5.26 Å². The molecule has 33 heavy (non-hydrogen) atoms. The number of anilines is 1. The number of nitriles is 1. The Morgan fingerprint density at radius 1 is 1.36 bits per heavy atom. The van der Waals surface area contributed by atoms with Gasteiger partial charge in [-0.1, -0.05) is 33.6 Å². The van der Waals surface area contributed by atoms with Crippen LogP contribution in [0.3, 0.4) is 0 Å². The van der Waals surface area contributed by atoms with Gasteiger partial charge in [0.1, 0.15) is 42.8 Å². The predicted octanol–water partition coefficient (Wildman–Crippen LogP) is 1.29. The van der Waals surface area contributed by atoms with Gasteiger partial charge in [-0.25, -0.2) is 9.50 Å². The van der Waals surface area contributed by atoms with Gasteiger partial charge in [0.15, 0.2) is 5.82 Å². The van der Waals surface area contributed by atoms with Gasteiger partial charge in [-0.3, -0.25) is 9.59 Å². The molecule has 0 unspecified atom stereocenters. The van der Waals surface area contributed by atoms with Crippen LogP contribution in [-0.4, -0.2) is 61.6 Å². The Morgan fingerprint density at radius 3 is 2.79 bits per heavy atom. The molecule has 2 aromatic rings. The average Bonchev–Trinajstić information content (AvgIpc) is 3.33. The van der Waals surface area contributed by atoms with E-state index in [1.54, 1.807) is 19.9 Å². The van der Waals surface area contributed by atoms with E-state index in [0.717, 1.165) is 19.3 Å². The maximum Gasteiger partial charge on any atom is 0.308 e. The van der Waals surface area contributed by atoms with Crippen LogP contribution in [0, 0.1) is 17.2 Å². The van der Waals surface area contributed by atoms with E-state index in [4.69, 9.17) is 9.47 Å². The molecule has 1 amide bonds. The summed E-state index contributed by atoms with van der Waals surface area (Å²) in [6, 6.07) is 5.05. The normalized spacial score (nSPS) is 24.7. The molecule has 0 radical (unpaired) electrons. The largest absolute Gasteiger partial charge is 0.463 e. The summed E-state index contributed by atoms with van der Waals surface area (Å²) in [6.45, 7) is 5.05. The molecule has 1 aliphatic heterocycles. The molecular weight excluding hydrogens is 430 g/mol. The monoisotopic (exact) mass is 459 g/mol. The lowest BCUT2D eigenvalue weighted by atomic mass is 9.92. The lowest BCUT2D eigenvalue weighted by Gasteiger charge is -2.24. The van der Waals surface area contributed by atoms with Crippen molar-refractivity contribution in [3.05, 3.63) is 24.2 Å². The number of aliphatic hydroxyl groups excluding tert-OH is 2. The van der Waals surface area contributed by atoms with E-state index in [1.165, 1.54) is 16.9 Å². The molecule has 1 fully saturated rings. The summed E-state index contributed by atoms with van der Waals surface area (Å²) in [6.07, 6.45) is 0.0294. The highest BCUT2D eigenvalue weighted by Crippen LogP contribution is 2.40. The van der Waals surface area contributed by atoms with Crippen LogP contribution in [0.5, 0.6) is 0 Å². The number of esters is 1. The van der Waals surface area contributed by atoms with Gasteiger partial charge in [0.05, 0.1) is 11.6 Å². The van der Waals surface area contributed by atoms with Crippen molar-refractivity contribution in [3.8, 4) is 6.07 Å². The van der Waals surface area contributed by atoms with Crippen molar-refractivity contribution < 1.29 is 29.3 Å². The molecule has 3 rings (SSSR count). The number of aliphatic hydroxyl groups is 2. The molecular formula is C22H29N5O6. The van der Waals surface area contributed by atoms with Crippen LogP contribution in [0.15, 0.2) is 18.5 Å². The zero-order valence-corrected chi connectivity index (χ0v) is 18.9. The Bertz CT molecular complexity index is 1050. The second-order valence-electron chi connectivity index (χ2n) is 8.35. The number of nitrogens with one attached hydrogen (secondary N) is 1. The molecule has 178 valence electrons. The van der Waals surface area contributed by atoms with Crippen LogP contribution in [0.1, 0.15) is 52.1 Å². The van der Waals surface area contributed by atoms with Crippen molar-refractivity contribution in [1.82, 2.24) is 14.6 Å². The molecule has 3 heterocycles. The Labute approximate surface area is 191 Å². The van der Waals surface area contributed by atoms with Gasteiger partial charge in [-0.05, 0) is 18.6 Å². The van der Waals surface area contributed by atoms with Crippen LogP contribution in [0.25, 0.3) is 5.52 Å². The summed E-state index contributed by atoms with van der Waals surface area (Å²) >= 11 is 0. The van der Waals surface area contributed by atoms with Gasteiger partial charge < -0.3 is 25.0 Å². The van der Waals surface area contributed by atoms with Gasteiger partial charge in [-0.15, -0.1) is 0 Å². The molecule has 1 aliphatic rings. The SMILES string of the molecule is CCCCCC(=O)Nc1ncnn2c([C@]3(C#N)O[C@H](COC(=O)C(C)C)[C@@H](O)[C@H]3O)ccc12. The zero-order chi connectivity index (χ0) is 24.2. The van der Waals surface area contributed by atoms with Crippen molar-refractivity contribution in [2.75, 3.05) is 11.9 Å². The minimum atomic E-state index is -1.97. The number of carbonyl (C=O) groups excluding carboxylic acids is 2. The third-order valence-electron chi connectivity index (χ3n) is 5.58. The lowest BCUT2D eigenvalue weighted by Crippen LogP contribution is -2.41. The van der Waals surface area contributed by atoms with Crippen LogP contribution < -0.4 is 5.32 Å². The standard InChI is InChI=1S/C22H29N5O6/c1-4-5-6-7-17(28)26-20-14-8-9-16(27(14)25-12-24-20)22(11-23)19(30)18(29)15(33-22)10-32-21(31)13(2)3/h8-9,12-13,15,18-19,29-30H,4-7,10H2,1-3H3,(H,24,25,26,28)/t15-,18-,19-,22+/m1/s1. The number of aromatic nitrogens is 3. The fourth-order valence-corrected chi connectivity index (χ4v) is 3.69. The van der Waals surface area contributed by atoms with Gasteiger partial charge in [0.2, 0.25) is 11.5 Å². The third-order valence-corrected chi connectivity index (χ3v) is 5.58. The number of unbranched alkanes of at least 4 members (excludes halogenated alkanes) is 2. The second-order valence-corrected chi connectivity index (χ2v) is 8.35. The van der Waals surface area contributed by atoms with Crippen LogP contribution in [0.4, 0.5) is 5.82 Å². The van der Waals surface area contributed by atoms with Crippen molar-refractivity contribution in [2.45, 2.75) is 70.4 Å². The maximum absolute atomic E-state index is 12.3. The number of carbonyl (C=O) groups is 2. The van der Waals surface area contributed by atoms with Crippen LogP contribution in [-0.2, 0) is 24.7 Å². The van der Waals surface area contributed by atoms with E-state index in [-0.39, 0.29) is 29.9 Å². The maximum atomic E-state index is 12.3. The fourth-order valence-electron chi connectivity index (χ4n) is 3.69. The van der Waals surface area contributed by atoms with E-state index in [0.29, 0.717) is 11.9 Å². The molecule has 2 aromatic heterocycles. The van der Waals surface area contributed by atoms with Crippen molar-refractivity contribution >= 4 is 23.2 Å². The third kappa shape index (κ3) is 4.83. The van der Waals surface area contributed by atoms with Gasteiger partial charge in [0, 0.05) is 6.42 Å². The quantitative estimate of drug-likeness (QED) is 0.371. The number of amides is 1. The molecule has 0 aromatic carbocycles. The minimum Gasteiger partial charge on any atom is -0.463 e. The van der Waals surface area contributed by atoms with Gasteiger partial charge in [0.25, 0.3) is 0 Å². The first-order valence-electron chi connectivity index (χ1n) is 11.0. The molecule has 11 nitrogen and oxygen atoms in total. The summed E-state index contributed by atoms with van der Waals surface area (Å²) in [4.78, 5) is 28.2. The summed E-state index contributed by atoms with van der Waals surface area (Å²) in [7, 11) is 0. The fraction of sp³-hybridized carbons (Fsp3) is 0.591. The molecule has 0 saturated carbocycles. The van der Waals surface area contributed by atoms with Gasteiger partial charge >= 0.3 is 5.97 Å². The van der Waals surface area contributed by atoms with E-state index in [9.17, 15) is 25.1 Å². The summed E-state index contributed by atoms with van der Waals surface area (Å²) in [5.74, 6) is -0.811. The molecule has 0 bridgehead atoms. The lowest BCUT2D eigenvalue weighted by molar-refractivity contribution is -0.154. The number of hydrogen-bond acceptors (Lipinski definition) is 9. The Hall–Kier alpha value is -3.07.